The van der Waals surface area contributed by atoms with E-state index in [-0.39, 0.29) is 31.1 Å². The van der Waals surface area contributed by atoms with Gasteiger partial charge in [-0.1, -0.05) is 60.7 Å². The molecule has 1 amide bonds. The quantitative estimate of drug-likeness (QED) is 0.546. The minimum Gasteiger partial charge on any atom is -0.387 e. The summed E-state index contributed by atoms with van der Waals surface area (Å²) in [5, 5.41) is 14.3. The molecule has 4 nitrogen and oxygen atoms in total. The third-order valence-corrected chi connectivity index (χ3v) is 5.25. The summed E-state index contributed by atoms with van der Waals surface area (Å²) in [7, 11) is 0. The smallest absolute Gasteiger partial charge is 0.223 e. The van der Waals surface area contributed by atoms with Crippen molar-refractivity contribution in [2.24, 2.45) is 0 Å². The second-order valence-electron chi connectivity index (χ2n) is 6.62. The number of rotatable bonds is 9. The van der Waals surface area contributed by atoms with Crippen LogP contribution in [-0.4, -0.2) is 28.2 Å². The molecular formula is C23H23NO3S. The number of carbonyl (C=O) groups is 2. The first-order valence-corrected chi connectivity index (χ1v) is 10.2. The summed E-state index contributed by atoms with van der Waals surface area (Å²) in [4.78, 5) is 26.8. The first-order chi connectivity index (χ1) is 13.6. The van der Waals surface area contributed by atoms with Crippen LogP contribution in [0.1, 0.15) is 40.4 Å². The molecule has 0 saturated carbocycles. The molecule has 3 rings (SSSR count). The van der Waals surface area contributed by atoms with E-state index in [1.54, 1.807) is 17.0 Å². The fourth-order valence-corrected chi connectivity index (χ4v) is 3.69. The largest absolute Gasteiger partial charge is 0.387 e. The Kier molecular flexibility index (Phi) is 7.12. The van der Waals surface area contributed by atoms with Crippen molar-refractivity contribution in [3.8, 4) is 0 Å². The van der Waals surface area contributed by atoms with Crippen LogP contribution >= 0.6 is 11.3 Å². The summed E-state index contributed by atoms with van der Waals surface area (Å²) < 4.78 is 0. The lowest BCUT2D eigenvalue weighted by Gasteiger charge is -2.25. The SMILES string of the molecule is O=C(CCC(=O)N(Cc1ccccc1)C[C@H](O)c1ccsc1)c1ccccc1. The van der Waals surface area contributed by atoms with Gasteiger partial charge in [0, 0.05) is 24.9 Å². The van der Waals surface area contributed by atoms with E-state index in [4.69, 9.17) is 0 Å². The van der Waals surface area contributed by atoms with Gasteiger partial charge in [-0.2, -0.15) is 11.3 Å². The van der Waals surface area contributed by atoms with Crippen LogP contribution in [0.3, 0.4) is 0 Å². The molecule has 0 unspecified atom stereocenters. The molecule has 0 aliphatic heterocycles. The second-order valence-corrected chi connectivity index (χ2v) is 7.40. The third-order valence-electron chi connectivity index (χ3n) is 4.55. The van der Waals surface area contributed by atoms with E-state index in [1.807, 2.05) is 65.4 Å². The molecule has 1 aromatic heterocycles. The summed E-state index contributed by atoms with van der Waals surface area (Å²) in [5.41, 5.74) is 2.40. The van der Waals surface area contributed by atoms with Crippen LogP contribution in [0.4, 0.5) is 0 Å². The minimum absolute atomic E-state index is 0.0491. The Bertz CT molecular complexity index is 879. The van der Waals surface area contributed by atoms with E-state index >= 15 is 0 Å². The van der Waals surface area contributed by atoms with Gasteiger partial charge in [0.05, 0.1) is 12.6 Å². The summed E-state index contributed by atoms with van der Waals surface area (Å²) in [6.45, 7) is 0.602. The molecule has 144 valence electrons. The average molecular weight is 394 g/mol. The Labute approximate surface area is 169 Å². The molecule has 0 bridgehead atoms. The van der Waals surface area contributed by atoms with Crippen LogP contribution in [0.5, 0.6) is 0 Å². The highest BCUT2D eigenvalue weighted by Gasteiger charge is 2.20. The zero-order valence-corrected chi connectivity index (χ0v) is 16.3. The number of thiophene rings is 1. The van der Waals surface area contributed by atoms with Gasteiger partial charge >= 0.3 is 0 Å². The van der Waals surface area contributed by atoms with E-state index < -0.39 is 6.10 Å². The van der Waals surface area contributed by atoms with Gasteiger partial charge in [-0.15, -0.1) is 0 Å². The first kappa shape index (κ1) is 20.0. The Balaban J connectivity index is 1.66. The summed E-state index contributed by atoms with van der Waals surface area (Å²) in [6.07, 6.45) is -0.469. The Hall–Kier alpha value is -2.76. The van der Waals surface area contributed by atoms with Gasteiger partial charge < -0.3 is 10.0 Å². The molecule has 28 heavy (non-hydrogen) atoms. The molecule has 2 aromatic carbocycles. The number of aliphatic hydroxyl groups excluding tert-OH is 1. The van der Waals surface area contributed by atoms with Crippen molar-refractivity contribution in [3.63, 3.8) is 0 Å². The molecule has 0 spiro atoms. The molecule has 0 radical (unpaired) electrons. The van der Waals surface area contributed by atoms with Crippen molar-refractivity contribution >= 4 is 23.0 Å². The first-order valence-electron chi connectivity index (χ1n) is 9.23. The number of carbonyl (C=O) groups excluding carboxylic acids is 2. The van der Waals surface area contributed by atoms with Gasteiger partial charge in [-0.25, -0.2) is 0 Å². The van der Waals surface area contributed by atoms with Crippen LogP contribution in [0.2, 0.25) is 0 Å². The minimum atomic E-state index is -0.747. The fourth-order valence-electron chi connectivity index (χ4n) is 2.98. The van der Waals surface area contributed by atoms with E-state index in [0.29, 0.717) is 12.1 Å². The van der Waals surface area contributed by atoms with E-state index in [2.05, 4.69) is 0 Å². The van der Waals surface area contributed by atoms with Crippen molar-refractivity contribution in [2.45, 2.75) is 25.5 Å². The number of ketones is 1. The molecule has 3 aromatic rings. The number of benzene rings is 2. The maximum atomic E-state index is 12.9. The van der Waals surface area contributed by atoms with Crippen LogP contribution in [0, 0.1) is 0 Å². The fraction of sp³-hybridized carbons (Fsp3) is 0.217. The number of amides is 1. The van der Waals surface area contributed by atoms with Gasteiger partial charge in [-0.05, 0) is 28.0 Å². The second kappa shape index (κ2) is 9.97. The molecule has 1 heterocycles. The predicted molar refractivity (Wildman–Crippen MR) is 111 cm³/mol. The monoisotopic (exact) mass is 393 g/mol. The van der Waals surface area contributed by atoms with Crippen molar-refractivity contribution < 1.29 is 14.7 Å². The predicted octanol–water partition coefficient (Wildman–Crippen LogP) is 4.47. The lowest BCUT2D eigenvalue weighted by molar-refractivity contribution is -0.133. The number of aliphatic hydroxyl groups is 1. The van der Waals surface area contributed by atoms with E-state index in [9.17, 15) is 14.7 Å². The number of Topliss-reactive ketones (excluding diaryl/α,β-unsaturated/α-hetero) is 1. The third kappa shape index (κ3) is 5.62. The number of hydrogen-bond acceptors (Lipinski definition) is 4. The van der Waals surface area contributed by atoms with Crippen LogP contribution in [-0.2, 0) is 11.3 Å². The molecule has 0 saturated heterocycles. The zero-order valence-electron chi connectivity index (χ0n) is 15.5. The van der Waals surface area contributed by atoms with Crippen molar-refractivity contribution in [1.29, 1.82) is 0 Å². The van der Waals surface area contributed by atoms with Gasteiger partial charge in [0.25, 0.3) is 0 Å². The molecule has 0 aliphatic rings. The standard InChI is InChI=1S/C23H23NO3S/c25-21(19-9-5-2-6-10-19)11-12-23(27)24(15-18-7-3-1-4-8-18)16-22(26)20-13-14-28-17-20/h1-10,13-14,17,22,26H,11-12,15-16H2/t22-/m0/s1. The highest BCUT2D eigenvalue weighted by atomic mass is 32.1. The van der Waals surface area contributed by atoms with E-state index in [0.717, 1.165) is 11.1 Å². The number of nitrogens with zero attached hydrogens (tertiary/aromatic N) is 1. The van der Waals surface area contributed by atoms with Gasteiger partial charge in [-0.3, -0.25) is 9.59 Å². The summed E-state index contributed by atoms with van der Waals surface area (Å²) >= 11 is 1.51. The molecule has 1 atom stereocenters. The average Bonchev–Trinajstić information content (AvgIpc) is 3.28. The Morgan fingerprint density at radius 1 is 0.929 bits per heavy atom. The van der Waals surface area contributed by atoms with Gasteiger partial charge in [0.1, 0.15) is 0 Å². The molecule has 0 fully saturated rings. The molecular weight excluding hydrogens is 370 g/mol. The van der Waals surface area contributed by atoms with Crippen LogP contribution in [0.15, 0.2) is 77.5 Å². The van der Waals surface area contributed by atoms with Crippen molar-refractivity contribution in [1.82, 2.24) is 4.90 Å². The lowest BCUT2D eigenvalue weighted by atomic mass is 10.1. The van der Waals surface area contributed by atoms with E-state index in [1.165, 1.54) is 11.3 Å². The molecule has 1 N–H and O–H groups in total. The summed E-state index contributed by atoms with van der Waals surface area (Å²) in [5.74, 6) is -0.186. The highest BCUT2D eigenvalue weighted by molar-refractivity contribution is 7.07. The molecule has 0 aliphatic carbocycles. The zero-order chi connectivity index (χ0) is 19.8. The van der Waals surface area contributed by atoms with Gasteiger partial charge in [0.2, 0.25) is 5.91 Å². The Morgan fingerprint density at radius 2 is 1.61 bits per heavy atom. The lowest BCUT2D eigenvalue weighted by Crippen LogP contribution is -2.34. The van der Waals surface area contributed by atoms with Crippen LogP contribution in [0.25, 0.3) is 0 Å². The number of hydrogen-bond donors (Lipinski definition) is 1. The topological polar surface area (TPSA) is 57.6 Å². The van der Waals surface area contributed by atoms with Gasteiger partial charge in [0.15, 0.2) is 5.78 Å². The Morgan fingerprint density at radius 3 is 2.25 bits per heavy atom. The van der Waals surface area contributed by atoms with Crippen LogP contribution < -0.4 is 0 Å². The summed E-state index contributed by atoms with van der Waals surface area (Å²) in [6, 6.07) is 20.5. The highest BCUT2D eigenvalue weighted by Crippen LogP contribution is 2.19. The van der Waals surface area contributed by atoms with Crippen molar-refractivity contribution in [3.05, 3.63) is 94.2 Å². The normalized spacial score (nSPS) is 11.8. The molecule has 5 heteroatoms. The maximum Gasteiger partial charge on any atom is 0.223 e. The maximum absolute atomic E-state index is 12.9. The van der Waals surface area contributed by atoms with Crippen molar-refractivity contribution in [2.75, 3.05) is 6.54 Å².